The van der Waals surface area contributed by atoms with Crippen molar-refractivity contribution in [3.05, 3.63) is 71.5 Å². The Bertz CT molecular complexity index is 1010. The maximum Gasteiger partial charge on any atom is 0.251 e. The molecule has 6 nitrogen and oxygen atoms in total. The van der Waals surface area contributed by atoms with E-state index in [-0.39, 0.29) is 17.6 Å². The first-order chi connectivity index (χ1) is 13.5. The van der Waals surface area contributed by atoms with E-state index in [0.29, 0.717) is 11.3 Å². The van der Waals surface area contributed by atoms with Gasteiger partial charge in [-0.1, -0.05) is 30.0 Å². The van der Waals surface area contributed by atoms with Crippen molar-refractivity contribution >= 4 is 29.3 Å². The first kappa shape index (κ1) is 19.7. The fourth-order valence-corrected chi connectivity index (χ4v) is 3.55. The predicted molar refractivity (Wildman–Crippen MR) is 112 cm³/mol. The normalized spacial score (nSPS) is 10.5. The Morgan fingerprint density at radius 3 is 2.71 bits per heavy atom. The van der Waals surface area contributed by atoms with Crippen molar-refractivity contribution < 1.29 is 9.59 Å². The van der Waals surface area contributed by atoms with E-state index in [1.165, 1.54) is 22.9 Å². The van der Waals surface area contributed by atoms with E-state index in [1.807, 2.05) is 22.9 Å². The Kier molecular flexibility index (Phi) is 6.16. The van der Waals surface area contributed by atoms with Crippen LogP contribution in [0.2, 0.25) is 0 Å². The molecule has 0 radical (unpaired) electrons. The van der Waals surface area contributed by atoms with Crippen molar-refractivity contribution in [3.63, 3.8) is 0 Å². The average Bonchev–Trinajstić information content (AvgIpc) is 3.16. The zero-order chi connectivity index (χ0) is 20.1. The monoisotopic (exact) mass is 394 g/mol. The Balaban J connectivity index is 1.67. The van der Waals surface area contributed by atoms with Gasteiger partial charge in [0.1, 0.15) is 0 Å². The molecule has 3 rings (SSSR count). The predicted octanol–water partition coefficient (Wildman–Crippen LogP) is 3.58. The second-order valence-corrected chi connectivity index (χ2v) is 7.24. The van der Waals surface area contributed by atoms with Crippen molar-refractivity contribution in [1.82, 2.24) is 14.9 Å². The van der Waals surface area contributed by atoms with Crippen molar-refractivity contribution in [2.45, 2.75) is 19.0 Å². The molecule has 1 heterocycles. The molecule has 2 aromatic carbocycles. The van der Waals surface area contributed by atoms with E-state index in [2.05, 4.69) is 35.5 Å². The van der Waals surface area contributed by atoms with Crippen molar-refractivity contribution in [3.8, 4) is 5.69 Å². The highest BCUT2D eigenvalue weighted by Gasteiger charge is 2.12. The molecule has 144 valence electrons. The number of hydrogen-bond donors (Lipinski definition) is 2. The largest absolute Gasteiger partial charge is 0.355 e. The highest BCUT2D eigenvalue weighted by atomic mass is 32.2. The van der Waals surface area contributed by atoms with Crippen LogP contribution in [-0.4, -0.2) is 34.2 Å². The van der Waals surface area contributed by atoms with Crippen molar-refractivity contribution in [2.75, 3.05) is 18.1 Å². The maximum absolute atomic E-state index is 12.4. The fraction of sp³-hybridized carbons (Fsp3) is 0.190. The van der Waals surface area contributed by atoms with Crippen LogP contribution in [0.25, 0.3) is 5.69 Å². The third-order valence-electron chi connectivity index (χ3n) is 4.41. The molecule has 2 N–H and O–H groups in total. The standard InChI is InChI=1S/C21H22N4O2S/c1-14-6-4-9-18(15(14)2)25-11-10-23-21(25)28-13-19(26)24-17-8-5-7-16(12-17)20(27)22-3/h4-12H,13H2,1-3H3,(H,22,27)(H,24,26). The SMILES string of the molecule is CNC(=O)c1cccc(NC(=O)CSc2nccn2-c2cccc(C)c2C)c1. The molecule has 0 spiro atoms. The molecule has 0 bridgehead atoms. The molecule has 28 heavy (non-hydrogen) atoms. The Labute approximate surface area is 168 Å². The van der Waals surface area contributed by atoms with E-state index in [4.69, 9.17) is 0 Å². The second-order valence-electron chi connectivity index (χ2n) is 6.30. The van der Waals surface area contributed by atoms with Crippen LogP contribution in [0, 0.1) is 13.8 Å². The third kappa shape index (κ3) is 4.43. The van der Waals surface area contributed by atoms with E-state index in [0.717, 1.165) is 10.8 Å². The molecule has 0 fully saturated rings. The summed E-state index contributed by atoms with van der Waals surface area (Å²) in [5, 5.41) is 6.15. The minimum atomic E-state index is -0.193. The molecule has 0 saturated carbocycles. The smallest absolute Gasteiger partial charge is 0.251 e. The number of rotatable bonds is 6. The zero-order valence-electron chi connectivity index (χ0n) is 16.0. The summed E-state index contributed by atoms with van der Waals surface area (Å²) in [7, 11) is 1.57. The number of anilines is 1. The number of amides is 2. The van der Waals surface area contributed by atoms with Crippen LogP contribution in [0.1, 0.15) is 21.5 Å². The van der Waals surface area contributed by atoms with Gasteiger partial charge in [-0.15, -0.1) is 0 Å². The third-order valence-corrected chi connectivity index (χ3v) is 5.38. The summed E-state index contributed by atoms with van der Waals surface area (Å²) in [6.45, 7) is 4.15. The number of nitrogens with one attached hydrogen (secondary N) is 2. The van der Waals surface area contributed by atoms with E-state index < -0.39 is 0 Å². The van der Waals surface area contributed by atoms with Crippen LogP contribution in [0.15, 0.2) is 60.0 Å². The summed E-state index contributed by atoms with van der Waals surface area (Å²) in [4.78, 5) is 28.5. The van der Waals surface area contributed by atoms with Gasteiger partial charge in [-0.3, -0.25) is 14.2 Å². The molecular formula is C21H22N4O2S. The Hall–Kier alpha value is -3.06. The highest BCUT2D eigenvalue weighted by molar-refractivity contribution is 7.99. The number of carbonyl (C=O) groups excluding carboxylic acids is 2. The summed E-state index contributed by atoms with van der Waals surface area (Å²) in [5.41, 5.74) is 4.52. The van der Waals surface area contributed by atoms with E-state index in [1.54, 1.807) is 37.5 Å². The van der Waals surface area contributed by atoms with Gasteiger partial charge < -0.3 is 10.6 Å². The highest BCUT2D eigenvalue weighted by Crippen LogP contribution is 2.24. The van der Waals surface area contributed by atoms with Crippen LogP contribution < -0.4 is 10.6 Å². The lowest BCUT2D eigenvalue weighted by atomic mass is 10.1. The Morgan fingerprint density at radius 1 is 1.14 bits per heavy atom. The number of aryl methyl sites for hydroxylation is 1. The number of thioether (sulfide) groups is 1. The first-order valence-electron chi connectivity index (χ1n) is 8.84. The lowest BCUT2D eigenvalue weighted by molar-refractivity contribution is -0.113. The summed E-state index contributed by atoms with van der Waals surface area (Å²) >= 11 is 1.37. The minimum Gasteiger partial charge on any atom is -0.355 e. The first-order valence-corrected chi connectivity index (χ1v) is 9.83. The summed E-state index contributed by atoms with van der Waals surface area (Å²) in [6.07, 6.45) is 3.63. The van der Waals surface area contributed by atoms with Gasteiger partial charge >= 0.3 is 0 Å². The molecule has 2 amide bonds. The average molecular weight is 395 g/mol. The van der Waals surface area contributed by atoms with Gasteiger partial charge in [0.15, 0.2) is 5.16 Å². The molecule has 0 aliphatic rings. The van der Waals surface area contributed by atoms with Crippen LogP contribution in [-0.2, 0) is 4.79 Å². The van der Waals surface area contributed by atoms with Crippen LogP contribution in [0.5, 0.6) is 0 Å². The maximum atomic E-state index is 12.4. The molecule has 0 unspecified atom stereocenters. The summed E-state index contributed by atoms with van der Waals surface area (Å²) in [6, 6.07) is 13.0. The zero-order valence-corrected chi connectivity index (χ0v) is 16.8. The molecular weight excluding hydrogens is 372 g/mol. The van der Waals surface area contributed by atoms with Gasteiger partial charge in [-0.2, -0.15) is 0 Å². The van der Waals surface area contributed by atoms with Crippen LogP contribution in [0.3, 0.4) is 0 Å². The Morgan fingerprint density at radius 2 is 1.93 bits per heavy atom. The van der Waals surface area contributed by atoms with Crippen LogP contribution in [0.4, 0.5) is 5.69 Å². The number of carbonyl (C=O) groups is 2. The lowest BCUT2D eigenvalue weighted by Gasteiger charge is -2.12. The molecule has 0 atom stereocenters. The topological polar surface area (TPSA) is 76.0 Å². The molecule has 7 heteroatoms. The van der Waals surface area contributed by atoms with E-state index in [9.17, 15) is 9.59 Å². The fourth-order valence-electron chi connectivity index (χ4n) is 2.79. The molecule has 0 saturated heterocycles. The van der Waals surface area contributed by atoms with E-state index >= 15 is 0 Å². The molecule has 0 aliphatic carbocycles. The number of hydrogen-bond acceptors (Lipinski definition) is 4. The number of aromatic nitrogens is 2. The number of nitrogens with zero attached hydrogens (tertiary/aromatic N) is 2. The second kappa shape index (κ2) is 8.75. The lowest BCUT2D eigenvalue weighted by Crippen LogP contribution is -2.19. The molecule has 0 aliphatic heterocycles. The van der Waals surface area contributed by atoms with Gasteiger partial charge in [-0.05, 0) is 49.2 Å². The molecule has 1 aromatic heterocycles. The number of benzene rings is 2. The summed E-state index contributed by atoms with van der Waals surface area (Å²) in [5.74, 6) is -0.137. The molecule has 3 aromatic rings. The number of imidazole rings is 1. The minimum absolute atomic E-state index is 0.158. The quantitative estimate of drug-likeness (QED) is 0.627. The van der Waals surface area contributed by atoms with Crippen LogP contribution >= 0.6 is 11.8 Å². The van der Waals surface area contributed by atoms with Gasteiger partial charge in [-0.25, -0.2) is 4.98 Å². The van der Waals surface area contributed by atoms with Gasteiger partial charge in [0.2, 0.25) is 5.91 Å². The van der Waals surface area contributed by atoms with Crippen molar-refractivity contribution in [2.24, 2.45) is 0 Å². The van der Waals surface area contributed by atoms with Gasteiger partial charge in [0, 0.05) is 30.7 Å². The van der Waals surface area contributed by atoms with Gasteiger partial charge in [0.05, 0.1) is 11.4 Å². The van der Waals surface area contributed by atoms with Crippen molar-refractivity contribution in [1.29, 1.82) is 0 Å². The summed E-state index contributed by atoms with van der Waals surface area (Å²) < 4.78 is 1.99. The van der Waals surface area contributed by atoms with Gasteiger partial charge in [0.25, 0.3) is 5.91 Å².